The van der Waals surface area contributed by atoms with Gasteiger partial charge in [0.1, 0.15) is 5.75 Å². The Kier molecular flexibility index (Phi) is 6.34. The highest BCUT2D eigenvalue weighted by molar-refractivity contribution is 5.37. The van der Waals surface area contributed by atoms with Crippen LogP contribution in [-0.4, -0.2) is 43.9 Å². The number of hydrogen-bond donors (Lipinski definition) is 0. The zero-order valence-electron chi connectivity index (χ0n) is 15.4. The Balaban J connectivity index is 1.47. The lowest BCUT2D eigenvalue weighted by Gasteiger charge is -2.33. The molecule has 0 spiro atoms. The van der Waals surface area contributed by atoms with E-state index in [1.54, 1.807) is 0 Å². The standard InChI is InChI=1S/C21H30N2O2/c1-18-5-2-3-12-23(18)13-4-14-25-20-8-6-19(7-9-20)21(17-22)10-15-24-16-11-21/h6-9,18H,2-5,10-16H2,1H3. The lowest BCUT2D eigenvalue weighted by molar-refractivity contribution is 0.0675. The van der Waals surface area contributed by atoms with Crippen molar-refractivity contribution >= 4 is 0 Å². The normalized spacial score (nSPS) is 23.8. The zero-order valence-corrected chi connectivity index (χ0v) is 15.4. The van der Waals surface area contributed by atoms with E-state index in [1.807, 2.05) is 12.1 Å². The van der Waals surface area contributed by atoms with E-state index >= 15 is 0 Å². The van der Waals surface area contributed by atoms with E-state index in [-0.39, 0.29) is 5.41 Å². The Morgan fingerprint density at radius 3 is 2.68 bits per heavy atom. The van der Waals surface area contributed by atoms with Crippen LogP contribution in [0, 0.1) is 11.3 Å². The minimum atomic E-state index is -0.388. The number of nitriles is 1. The second-order valence-electron chi connectivity index (χ2n) is 7.41. The predicted octanol–water partition coefficient (Wildman–Crippen LogP) is 3.90. The maximum atomic E-state index is 9.64. The van der Waals surface area contributed by atoms with Crippen molar-refractivity contribution in [2.24, 2.45) is 0 Å². The van der Waals surface area contributed by atoms with Gasteiger partial charge in [0.15, 0.2) is 0 Å². The summed E-state index contributed by atoms with van der Waals surface area (Å²) in [5.41, 5.74) is 0.703. The molecule has 2 heterocycles. The minimum absolute atomic E-state index is 0.388. The first-order valence-corrected chi connectivity index (χ1v) is 9.70. The van der Waals surface area contributed by atoms with E-state index in [1.165, 1.54) is 25.8 Å². The second-order valence-corrected chi connectivity index (χ2v) is 7.41. The third-order valence-corrected chi connectivity index (χ3v) is 5.77. The van der Waals surface area contributed by atoms with Crippen molar-refractivity contribution < 1.29 is 9.47 Å². The van der Waals surface area contributed by atoms with Crippen LogP contribution in [0.15, 0.2) is 24.3 Å². The fourth-order valence-electron chi connectivity index (χ4n) is 4.00. The summed E-state index contributed by atoms with van der Waals surface area (Å²) in [5.74, 6) is 0.899. The van der Waals surface area contributed by atoms with Gasteiger partial charge in [-0.05, 0) is 63.3 Å². The molecule has 4 heteroatoms. The summed E-state index contributed by atoms with van der Waals surface area (Å²) in [4.78, 5) is 2.58. The number of nitrogens with zero attached hydrogens (tertiary/aromatic N) is 2. The fraction of sp³-hybridized carbons (Fsp3) is 0.667. The smallest absolute Gasteiger partial charge is 0.119 e. The van der Waals surface area contributed by atoms with Gasteiger partial charge in [0.25, 0.3) is 0 Å². The van der Waals surface area contributed by atoms with E-state index in [4.69, 9.17) is 9.47 Å². The maximum absolute atomic E-state index is 9.64. The molecule has 1 aromatic rings. The molecule has 2 aliphatic rings. The molecule has 2 saturated heterocycles. The number of benzene rings is 1. The third-order valence-electron chi connectivity index (χ3n) is 5.77. The summed E-state index contributed by atoms with van der Waals surface area (Å²) < 4.78 is 11.3. The first kappa shape index (κ1) is 18.2. The van der Waals surface area contributed by atoms with Crippen molar-refractivity contribution in [2.75, 3.05) is 32.9 Å². The summed E-state index contributed by atoms with van der Waals surface area (Å²) in [7, 11) is 0. The van der Waals surface area contributed by atoms with Crippen LogP contribution in [0.3, 0.4) is 0 Å². The fourth-order valence-corrected chi connectivity index (χ4v) is 4.00. The topological polar surface area (TPSA) is 45.5 Å². The molecule has 0 N–H and O–H groups in total. The number of hydrogen-bond acceptors (Lipinski definition) is 4. The molecular weight excluding hydrogens is 312 g/mol. The van der Waals surface area contributed by atoms with Gasteiger partial charge < -0.3 is 14.4 Å². The molecule has 0 aliphatic carbocycles. The van der Waals surface area contributed by atoms with Crippen LogP contribution in [0.1, 0.15) is 51.0 Å². The van der Waals surface area contributed by atoms with E-state index in [0.717, 1.165) is 49.8 Å². The molecule has 1 atom stereocenters. The molecule has 136 valence electrons. The third kappa shape index (κ3) is 4.54. The quantitative estimate of drug-likeness (QED) is 0.736. The first-order valence-electron chi connectivity index (χ1n) is 9.70. The molecule has 4 nitrogen and oxygen atoms in total. The van der Waals surface area contributed by atoms with Crippen molar-refractivity contribution in [2.45, 2.75) is 56.9 Å². The molecule has 25 heavy (non-hydrogen) atoms. The van der Waals surface area contributed by atoms with Gasteiger partial charge in [-0.3, -0.25) is 0 Å². The van der Waals surface area contributed by atoms with E-state index < -0.39 is 0 Å². The molecular formula is C21H30N2O2. The average molecular weight is 342 g/mol. The molecule has 0 aromatic heterocycles. The molecule has 0 bridgehead atoms. The van der Waals surface area contributed by atoms with Crippen LogP contribution in [-0.2, 0) is 10.2 Å². The lowest BCUT2D eigenvalue weighted by atomic mass is 9.75. The molecule has 0 saturated carbocycles. The van der Waals surface area contributed by atoms with Gasteiger partial charge >= 0.3 is 0 Å². The number of ether oxygens (including phenoxy) is 2. The van der Waals surface area contributed by atoms with Crippen molar-refractivity contribution in [3.05, 3.63) is 29.8 Å². The SMILES string of the molecule is CC1CCCCN1CCCOc1ccc(C2(C#N)CCOCC2)cc1. The molecule has 2 aliphatic heterocycles. The Morgan fingerprint density at radius 1 is 1.24 bits per heavy atom. The molecule has 0 amide bonds. The predicted molar refractivity (Wildman–Crippen MR) is 98.8 cm³/mol. The Labute approximate surface area is 151 Å². The molecule has 2 fully saturated rings. The van der Waals surface area contributed by atoms with E-state index in [0.29, 0.717) is 13.2 Å². The van der Waals surface area contributed by atoms with Gasteiger partial charge in [0, 0.05) is 25.8 Å². The van der Waals surface area contributed by atoms with Gasteiger partial charge in [0.2, 0.25) is 0 Å². The summed E-state index contributed by atoms with van der Waals surface area (Å²) >= 11 is 0. The van der Waals surface area contributed by atoms with Crippen LogP contribution < -0.4 is 4.74 Å². The largest absolute Gasteiger partial charge is 0.494 e. The monoisotopic (exact) mass is 342 g/mol. The number of rotatable bonds is 6. The minimum Gasteiger partial charge on any atom is -0.494 e. The molecule has 1 aromatic carbocycles. The molecule has 1 unspecified atom stereocenters. The van der Waals surface area contributed by atoms with Crippen LogP contribution in [0.5, 0.6) is 5.75 Å². The van der Waals surface area contributed by atoms with Crippen molar-refractivity contribution in [1.82, 2.24) is 4.90 Å². The summed E-state index contributed by atoms with van der Waals surface area (Å²) in [6.07, 6.45) is 6.64. The van der Waals surface area contributed by atoms with Gasteiger partial charge in [-0.25, -0.2) is 0 Å². The van der Waals surface area contributed by atoms with Crippen LogP contribution >= 0.6 is 0 Å². The van der Waals surface area contributed by atoms with Gasteiger partial charge in [-0.2, -0.15) is 5.26 Å². The first-order chi connectivity index (χ1) is 12.2. The van der Waals surface area contributed by atoms with Crippen molar-refractivity contribution in [3.8, 4) is 11.8 Å². The van der Waals surface area contributed by atoms with Gasteiger partial charge in [-0.1, -0.05) is 18.6 Å². The Bertz CT molecular complexity index is 573. The molecule has 3 rings (SSSR count). The number of piperidine rings is 1. The Hall–Kier alpha value is -1.57. The number of likely N-dealkylation sites (tertiary alicyclic amines) is 1. The summed E-state index contributed by atoms with van der Waals surface area (Å²) in [5, 5.41) is 9.64. The Morgan fingerprint density at radius 2 is 2.00 bits per heavy atom. The highest BCUT2D eigenvalue weighted by Gasteiger charge is 2.34. The zero-order chi connectivity index (χ0) is 17.5. The maximum Gasteiger partial charge on any atom is 0.119 e. The van der Waals surface area contributed by atoms with E-state index in [9.17, 15) is 5.26 Å². The second kappa shape index (κ2) is 8.69. The molecule has 0 radical (unpaired) electrons. The van der Waals surface area contributed by atoms with E-state index in [2.05, 4.69) is 30.0 Å². The van der Waals surface area contributed by atoms with Crippen LogP contribution in [0.4, 0.5) is 0 Å². The highest BCUT2D eigenvalue weighted by atomic mass is 16.5. The van der Waals surface area contributed by atoms with Crippen LogP contribution in [0.25, 0.3) is 0 Å². The van der Waals surface area contributed by atoms with Crippen molar-refractivity contribution in [3.63, 3.8) is 0 Å². The lowest BCUT2D eigenvalue weighted by Crippen LogP contribution is -2.38. The highest BCUT2D eigenvalue weighted by Crippen LogP contribution is 2.34. The van der Waals surface area contributed by atoms with Crippen LogP contribution in [0.2, 0.25) is 0 Å². The summed E-state index contributed by atoms with van der Waals surface area (Å²) in [6, 6.07) is 11.4. The average Bonchev–Trinajstić information content (AvgIpc) is 2.67. The van der Waals surface area contributed by atoms with Gasteiger partial charge in [-0.15, -0.1) is 0 Å². The summed E-state index contributed by atoms with van der Waals surface area (Å²) in [6.45, 7) is 6.77. The van der Waals surface area contributed by atoms with Crippen molar-refractivity contribution in [1.29, 1.82) is 5.26 Å². The van der Waals surface area contributed by atoms with Gasteiger partial charge in [0.05, 0.1) is 18.1 Å².